The van der Waals surface area contributed by atoms with Crippen molar-refractivity contribution in [1.29, 1.82) is 0 Å². The van der Waals surface area contributed by atoms with Gasteiger partial charge in [0, 0.05) is 19.7 Å². The van der Waals surface area contributed by atoms with Crippen LogP contribution in [0.4, 0.5) is 4.79 Å². The molecule has 0 aromatic rings. The SMILES string of the molecule is COCCN(C(=O)NC(C(=O)O)C(C)C)C(C)C. The second kappa shape index (κ2) is 7.92. The molecule has 2 amide bonds. The lowest BCUT2D eigenvalue weighted by atomic mass is 10.1. The molecule has 1 unspecified atom stereocenters. The number of carboxylic acid groups (broad SMARTS) is 1. The molecule has 0 aliphatic carbocycles. The number of carbonyl (C=O) groups excluding carboxylic acids is 1. The topological polar surface area (TPSA) is 78.9 Å². The predicted molar refractivity (Wildman–Crippen MR) is 68.5 cm³/mol. The molecule has 18 heavy (non-hydrogen) atoms. The summed E-state index contributed by atoms with van der Waals surface area (Å²) in [5, 5.41) is 11.6. The molecule has 0 fully saturated rings. The Labute approximate surface area is 108 Å². The summed E-state index contributed by atoms with van der Waals surface area (Å²) in [5.41, 5.74) is 0. The quantitative estimate of drug-likeness (QED) is 0.720. The number of amides is 2. The van der Waals surface area contributed by atoms with Gasteiger partial charge in [0.2, 0.25) is 0 Å². The predicted octanol–water partition coefficient (Wildman–Crippen LogP) is 1.16. The molecular formula is C12H24N2O4. The molecule has 0 saturated heterocycles. The average molecular weight is 260 g/mol. The van der Waals surface area contributed by atoms with E-state index in [1.54, 1.807) is 25.9 Å². The highest BCUT2D eigenvalue weighted by atomic mass is 16.5. The van der Waals surface area contributed by atoms with Crippen molar-refractivity contribution < 1.29 is 19.4 Å². The number of urea groups is 1. The van der Waals surface area contributed by atoms with Crippen molar-refractivity contribution in [3.05, 3.63) is 0 Å². The Balaban J connectivity index is 4.62. The van der Waals surface area contributed by atoms with Crippen LogP contribution in [0.15, 0.2) is 0 Å². The summed E-state index contributed by atoms with van der Waals surface area (Å²) in [6.45, 7) is 8.12. The van der Waals surface area contributed by atoms with Gasteiger partial charge in [-0.3, -0.25) is 0 Å². The van der Waals surface area contributed by atoms with Crippen LogP contribution in [0.2, 0.25) is 0 Å². The van der Waals surface area contributed by atoms with E-state index in [2.05, 4.69) is 5.32 Å². The molecule has 0 saturated carbocycles. The Kier molecular flexibility index (Phi) is 7.35. The number of methoxy groups -OCH3 is 1. The maximum absolute atomic E-state index is 12.0. The van der Waals surface area contributed by atoms with Gasteiger partial charge in [-0.1, -0.05) is 13.8 Å². The lowest BCUT2D eigenvalue weighted by molar-refractivity contribution is -0.140. The highest BCUT2D eigenvalue weighted by Gasteiger charge is 2.26. The van der Waals surface area contributed by atoms with E-state index in [4.69, 9.17) is 9.84 Å². The van der Waals surface area contributed by atoms with E-state index >= 15 is 0 Å². The first-order valence-corrected chi connectivity index (χ1v) is 6.10. The van der Waals surface area contributed by atoms with Crippen LogP contribution in [-0.2, 0) is 9.53 Å². The molecule has 0 rings (SSSR count). The Morgan fingerprint density at radius 1 is 1.28 bits per heavy atom. The molecule has 6 heteroatoms. The molecule has 0 aliphatic heterocycles. The van der Waals surface area contributed by atoms with Crippen LogP contribution in [0.5, 0.6) is 0 Å². The van der Waals surface area contributed by atoms with Gasteiger partial charge in [-0.15, -0.1) is 0 Å². The minimum absolute atomic E-state index is 0.0123. The van der Waals surface area contributed by atoms with E-state index < -0.39 is 12.0 Å². The normalized spacial score (nSPS) is 12.6. The molecule has 6 nitrogen and oxygen atoms in total. The molecule has 0 radical (unpaired) electrons. The summed E-state index contributed by atoms with van der Waals surface area (Å²) in [7, 11) is 1.56. The number of nitrogens with one attached hydrogen (secondary N) is 1. The summed E-state index contributed by atoms with van der Waals surface area (Å²) >= 11 is 0. The lowest BCUT2D eigenvalue weighted by Crippen LogP contribution is -2.52. The van der Waals surface area contributed by atoms with Crippen LogP contribution in [0.3, 0.4) is 0 Å². The van der Waals surface area contributed by atoms with E-state index in [1.165, 1.54) is 0 Å². The number of rotatable bonds is 7. The molecular weight excluding hydrogens is 236 g/mol. The van der Waals surface area contributed by atoms with Crippen LogP contribution in [-0.4, -0.2) is 54.4 Å². The van der Waals surface area contributed by atoms with E-state index in [0.717, 1.165) is 0 Å². The van der Waals surface area contributed by atoms with Crippen LogP contribution in [0, 0.1) is 5.92 Å². The van der Waals surface area contributed by atoms with Crippen molar-refractivity contribution in [2.24, 2.45) is 5.92 Å². The van der Waals surface area contributed by atoms with Crippen molar-refractivity contribution in [3.8, 4) is 0 Å². The molecule has 0 aliphatic rings. The first-order chi connectivity index (χ1) is 8.31. The summed E-state index contributed by atoms with van der Waals surface area (Å²) in [6.07, 6.45) is 0. The summed E-state index contributed by atoms with van der Waals surface area (Å²) in [6, 6.07) is -1.26. The largest absolute Gasteiger partial charge is 0.480 e. The van der Waals surface area contributed by atoms with Gasteiger partial charge in [-0.25, -0.2) is 9.59 Å². The Morgan fingerprint density at radius 3 is 2.17 bits per heavy atom. The van der Waals surface area contributed by atoms with Gasteiger partial charge < -0.3 is 20.1 Å². The summed E-state index contributed by atoms with van der Waals surface area (Å²) in [4.78, 5) is 24.6. The third-order valence-electron chi connectivity index (χ3n) is 2.63. The van der Waals surface area contributed by atoms with E-state index in [9.17, 15) is 9.59 Å². The van der Waals surface area contributed by atoms with Gasteiger partial charge in [0.1, 0.15) is 6.04 Å². The van der Waals surface area contributed by atoms with Crippen LogP contribution in [0.25, 0.3) is 0 Å². The first kappa shape index (κ1) is 16.7. The van der Waals surface area contributed by atoms with Gasteiger partial charge in [-0.05, 0) is 19.8 Å². The van der Waals surface area contributed by atoms with Crippen molar-refractivity contribution >= 4 is 12.0 Å². The number of ether oxygens (including phenoxy) is 1. The third-order valence-corrected chi connectivity index (χ3v) is 2.63. The molecule has 106 valence electrons. The van der Waals surface area contributed by atoms with Crippen LogP contribution < -0.4 is 5.32 Å². The second-order valence-corrected chi connectivity index (χ2v) is 4.79. The second-order valence-electron chi connectivity index (χ2n) is 4.79. The Bertz CT molecular complexity index is 279. The molecule has 2 N–H and O–H groups in total. The standard InChI is InChI=1S/C12H24N2O4/c1-8(2)10(11(15)16)13-12(17)14(9(3)4)6-7-18-5/h8-10H,6-7H2,1-5H3,(H,13,17)(H,15,16). The molecule has 0 bridgehead atoms. The van der Waals surface area contributed by atoms with Crippen molar-refractivity contribution in [3.63, 3.8) is 0 Å². The fraction of sp³-hybridized carbons (Fsp3) is 0.833. The number of carbonyl (C=O) groups is 2. The van der Waals surface area contributed by atoms with Gasteiger partial charge in [0.25, 0.3) is 0 Å². The Morgan fingerprint density at radius 2 is 1.83 bits per heavy atom. The maximum Gasteiger partial charge on any atom is 0.326 e. The minimum atomic E-state index is -1.02. The van der Waals surface area contributed by atoms with Crippen molar-refractivity contribution in [2.75, 3.05) is 20.3 Å². The smallest absolute Gasteiger partial charge is 0.326 e. The van der Waals surface area contributed by atoms with Crippen molar-refractivity contribution in [2.45, 2.75) is 39.8 Å². The number of hydrogen-bond acceptors (Lipinski definition) is 3. The summed E-state index contributed by atoms with van der Waals surface area (Å²) < 4.78 is 4.93. The zero-order valence-corrected chi connectivity index (χ0v) is 11.8. The lowest BCUT2D eigenvalue weighted by Gasteiger charge is -2.29. The Hall–Kier alpha value is -1.30. The molecule has 0 spiro atoms. The van der Waals surface area contributed by atoms with E-state index in [-0.39, 0.29) is 18.0 Å². The number of nitrogens with zero attached hydrogens (tertiary/aromatic N) is 1. The van der Waals surface area contributed by atoms with Crippen LogP contribution in [0.1, 0.15) is 27.7 Å². The minimum Gasteiger partial charge on any atom is -0.480 e. The number of carboxylic acids is 1. The number of hydrogen-bond donors (Lipinski definition) is 2. The maximum atomic E-state index is 12.0. The first-order valence-electron chi connectivity index (χ1n) is 6.10. The van der Waals surface area contributed by atoms with E-state index in [1.807, 2.05) is 13.8 Å². The molecule has 1 atom stereocenters. The third kappa shape index (κ3) is 5.35. The van der Waals surface area contributed by atoms with Crippen molar-refractivity contribution in [1.82, 2.24) is 10.2 Å². The van der Waals surface area contributed by atoms with Gasteiger partial charge in [0.15, 0.2) is 0 Å². The zero-order valence-electron chi connectivity index (χ0n) is 11.8. The van der Waals surface area contributed by atoms with E-state index in [0.29, 0.717) is 13.2 Å². The van der Waals surface area contributed by atoms with Gasteiger partial charge in [0.05, 0.1) is 6.61 Å². The number of aliphatic carboxylic acids is 1. The fourth-order valence-corrected chi connectivity index (χ4v) is 1.51. The van der Waals surface area contributed by atoms with Gasteiger partial charge in [-0.2, -0.15) is 0 Å². The monoisotopic (exact) mass is 260 g/mol. The summed E-state index contributed by atoms with van der Waals surface area (Å²) in [5.74, 6) is -1.18. The van der Waals surface area contributed by atoms with Gasteiger partial charge >= 0.3 is 12.0 Å². The molecule has 0 heterocycles. The average Bonchev–Trinajstić information content (AvgIpc) is 2.24. The highest BCUT2D eigenvalue weighted by molar-refractivity contribution is 5.82. The van der Waals surface area contributed by atoms with Crippen LogP contribution >= 0.6 is 0 Å². The highest BCUT2D eigenvalue weighted by Crippen LogP contribution is 2.05. The molecule has 0 aromatic carbocycles. The fourth-order valence-electron chi connectivity index (χ4n) is 1.51. The zero-order chi connectivity index (χ0) is 14.3. The molecule has 0 aromatic heterocycles.